The van der Waals surface area contributed by atoms with E-state index in [1.165, 1.54) is 13.1 Å². The molecule has 0 aliphatic carbocycles. The zero-order valence-electron chi connectivity index (χ0n) is 8.88. The number of carboxylic acid groups (broad SMARTS) is 1. The number of hydrogen-bond donors (Lipinski definition) is 1. The summed E-state index contributed by atoms with van der Waals surface area (Å²) < 4.78 is 4.61. The van der Waals surface area contributed by atoms with Crippen LogP contribution in [0.25, 0.3) is 0 Å². The Hall–Kier alpha value is -1.82. The molecule has 0 spiro atoms. The molecule has 2 rings (SSSR count). The van der Waals surface area contributed by atoms with E-state index in [4.69, 9.17) is 21.5 Å². The van der Waals surface area contributed by atoms with Gasteiger partial charge in [0.1, 0.15) is 0 Å². The smallest absolute Gasteiger partial charge is 0.450 e. The van der Waals surface area contributed by atoms with Crippen molar-refractivity contribution in [1.29, 1.82) is 0 Å². The third kappa shape index (κ3) is 2.65. The van der Waals surface area contributed by atoms with Crippen LogP contribution in [0.3, 0.4) is 0 Å². The third-order valence-electron chi connectivity index (χ3n) is 2.18. The molecule has 0 saturated carbocycles. The first-order valence-corrected chi connectivity index (χ1v) is 5.14. The molecule has 1 unspecified atom stereocenters. The van der Waals surface area contributed by atoms with Gasteiger partial charge in [-0.2, -0.15) is 0 Å². The minimum absolute atomic E-state index is 0.210. The van der Waals surface area contributed by atoms with Crippen molar-refractivity contribution >= 4 is 23.5 Å². The lowest BCUT2D eigenvalue weighted by Crippen LogP contribution is -2.31. The van der Waals surface area contributed by atoms with E-state index in [1.807, 2.05) is 0 Å². The standard InChI is InChI=1S/C10H9ClN2O4/c1-10(16-9(14)15)3-8(13-17-10)6-2-7(11)5-12-4-6/h2,4-5H,3H2,1H3,(H,14,15). The Morgan fingerprint density at radius 1 is 1.65 bits per heavy atom. The molecule has 2 heterocycles. The normalized spacial score (nSPS) is 22.8. The van der Waals surface area contributed by atoms with Crippen LogP contribution in [0.15, 0.2) is 23.6 Å². The lowest BCUT2D eigenvalue weighted by Gasteiger charge is -2.18. The van der Waals surface area contributed by atoms with Gasteiger partial charge in [-0.15, -0.1) is 0 Å². The van der Waals surface area contributed by atoms with Crippen LogP contribution in [0.4, 0.5) is 4.79 Å². The van der Waals surface area contributed by atoms with Crippen LogP contribution in [-0.2, 0) is 9.57 Å². The van der Waals surface area contributed by atoms with E-state index in [2.05, 4.69) is 14.9 Å². The summed E-state index contributed by atoms with van der Waals surface area (Å²) in [5.74, 6) is -1.29. The highest BCUT2D eigenvalue weighted by Crippen LogP contribution is 2.28. The highest BCUT2D eigenvalue weighted by atomic mass is 35.5. The van der Waals surface area contributed by atoms with Gasteiger partial charge in [0.2, 0.25) is 0 Å². The van der Waals surface area contributed by atoms with Gasteiger partial charge in [-0.05, 0) is 6.07 Å². The van der Waals surface area contributed by atoms with E-state index in [9.17, 15) is 4.79 Å². The first-order chi connectivity index (χ1) is 7.98. The summed E-state index contributed by atoms with van der Waals surface area (Å²) >= 11 is 5.79. The molecule has 1 N–H and O–H groups in total. The summed E-state index contributed by atoms with van der Waals surface area (Å²) in [5.41, 5.74) is 1.22. The maximum atomic E-state index is 10.5. The highest BCUT2D eigenvalue weighted by molar-refractivity contribution is 6.30. The molecular weight excluding hydrogens is 248 g/mol. The fourth-order valence-electron chi connectivity index (χ4n) is 1.48. The molecule has 0 aromatic carbocycles. The van der Waals surface area contributed by atoms with Gasteiger partial charge in [0.15, 0.2) is 0 Å². The molecule has 1 aliphatic rings. The Morgan fingerprint density at radius 2 is 2.41 bits per heavy atom. The Balaban J connectivity index is 2.14. The second kappa shape index (κ2) is 4.21. The summed E-state index contributed by atoms with van der Waals surface area (Å²) in [6, 6.07) is 1.67. The van der Waals surface area contributed by atoms with E-state index >= 15 is 0 Å². The molecule has 1 aromatic heterocycles. The van der Waals surface area contributed by atoms with Crippen molar-refractivity contribution in [3.8, 4) is 0 Å². The summed E-state index contributed by atoms with van der Waals surface area (Å²) in [4.78, 5) is 19.4. The first kappa shape index (κ1) is 11.7. The molecule has 6 nitrogen and oxygen atoms in total. The van der Waals surface area contributed by atoms with Crippen LogP contribution in [0, 0.1) is 0 Å². The molecule has 17 heavy (non-hydrogen) atoms. The second-order valence-electron chi connectivity index (χ2n) is 3.70. The van der Waals surface area contributed by atoms with Gasteiger partial charge < -0.3 is 14.7 Å². The molecule has 1 aromatic rings. The van der Waals surface area contributed by atoms with Crippen LogP contribution in [-0.4, -0.2) is 27.7 Å². The van der Waals surface area contributed by atoms with Crippen molar-refractivity contribution in [3.05, 3.63) is 29.0 Å². The SMILES string of the molecule is CC1(OC(=O)O)CC(c2cncc(Cl)c2)=NO1. The van der Waals surface area contributed by atoms with Crippen LogP contribution in [0.2, 0.25) is 5.02 Å². The lowest BCUT2D eigenvalue weighted by atomic mass is 10.1. The predicted molar refractivity (Wildman–Crippen MR) is 59.0 cm³/mol. The molecule has 1 atom stereocenters. The maximum absolute atomic E-state index is 10.5. The minimum atomic E-state index is -1.41. The van der Waals surface area contributed by atoms with Gasteiger partial charge in [0.05, 0.1) is 17.2 Å². The number of pyridine rings is 1. The van der Waals surface area contributed by atoms with Crippen LogP contribution >= 0.6 is 11.6 Å². The number of ether oxygens (including phenoxy) is 1. The largest absolute Gasteiger partial charge is 0.509 e. The number of rotatable bonds is 2. The maximum Gasteiger partial charge on any atom is 0.509 e. The quantitative estimate of drug-likeness (QED) is 0.821. The fourth-order valence-corrected chi connectivity index (χ4v) is 1.66. The average Bonchev–Trinajstić information content (AvgIpc) is 2.59. The Labute approximate surface area is 102 Å². The van der Waals surface area contributed by atoms with Crippen molar-refractivity contribution in [3.63, 3.8) is 0 Å². The number of halogens is 1. The summed E-state index contributed by atoms with van der Waals surface area (Å²) in [7, 11) is 0. The van der Waals surface area contributed by atoms with Gasteiger partial charge in [-0.3, -0.25) is 4.98 Å². The van der Waals surface area contributed by atoms with Gasteiger partial charge in [-0.1, -0.05) is 16.8 Å². The third-order valence-corrected chi connectivity index (χ3v) is 2.39. The monoisotopic (exact) mass is 256 g/mol. The van der Waals surface area contributed by atoms with E-state index < -0.39 is 11.9 Å². The highest BCUT2D eigenvalue weighted by Gasteiger charge is 2.38. The number of carbonyl (C=O) groups is 1. The Kier molecular flexibility index (Phi) is 2.89. The van der Waals surface area contributed by atoms with Crippen molar-refractivity contribution in [2.45, 2.75) is 19.1 Å². The van der Waals surface area contributed by atoms with Crippen LogP contribution in [0.1, 0.15) is 18.9 Å². The number of nitrogens with zero attached hydrogens (tertiary/aromatic N) is 2. The molecule has 0 amide bonds. The summed E-state index contributed by atoms with van der Waals surface area (Å²) in [6.07, 6.45) is 1.86. The first-order valence-electron chi connectivity index (χ1n) is 4.76. The van der Waals surface area contributed by atoms with Gasteiger partial charge in [-0.25, -0.2) is 4.79 Å². The Bertz CT molecular complexity index is 491. The topological polar surface area (TPSA) is 81.0 Å². The fraction of sp³-hybridized carbons (Fsp3) is 0.300. The number of oxime groups is 1. The molecule has 0 saturated heterocycles. The van der Waals surface area contributed by atoms with E-state index in [0.717, 1.165) is 0 Å². The molecule has 0 fully saturated rings. The van der Waals surface area contributed by atoms with E-state index in [1.54, 1.807) is 12.3 Å². The van der Waals surface area contributed by atoms with Crippen molar-refractivity contribution in [2.75, 3.05) is 0 Å². The van der Waals surface area contributed by atoms with Crippen molar-refractivity contribution in [1.82, 2.24) is 4.98 Å². The zero-order chi connectivity index (χ0) is 12.5. The summed E-state index contributed by atoms with van der Waals surface area (Å²) in [6.45, 7) is 1.50. The zero-order valence-corrected chi connectivity index (χ0v) is 9.64. The second-order valence-corrected chi connectivity index (χ2v) is 4.14. The van der Waals surface area contributed by atoms with Gasteiger partial charge in [0, 0.05) is 24.9 Å². The number of aromatic nitrogens is 1. The molecule has 1 aliphatic heterocycles. The average molecular weight is 257 g/mol. The van der Waals surface area contributed by atoms with Crippen molar-refractivity contribution in [2.24, 2.45) is 5.16 Å². The van der Waals surface area contributed by atoms with Gasteiger partial charge in [0.25, 0.3) is 5.79 Å². The van der Waals surface area contributed by atoms with Crippen LogP contribution < -0.4 is 0 Å². The molecule has 0 bridgehead atoms. The van der Waals surface area contributed by atoms with Crippen molar-refractivity contribution < 1.29 is 19.5 Å². The molecule has 7 heteroatoms. The molecule has 90 valence electrons. The minimum Gasteiger partial charge on any atom is -0.450 e. The van der Waals surface area contributed by atoms with E-state index in [-0.39, 0.29) is 6.42 Å². The molecular formula is C10H9ClN2O4. The molecule has 0 radical (unpaired) electrons. The van der Waals surface area contributed by atoms with Crippen LogP contribution in [0.5, 0.6) is 0 Å². The predicted octanol–water partition coefficient (Wildman–Crippen LogP) is 2.27. The lowest BCUT2D eigenvalue weighted by molar-refractivity contribution is -0.180. The van der Waals surface area contributed by atoms with E-state index in [0.29, 0.717) is 16.3 Å². The number of hydrogen-bond acceptors (Lipinski definition) is 5. The van der Waals surface area contributed by atoms with Gasteiger partial charge >= 0.3 is 6.16 Å². The summed E-state index contributed by atoms with van der Waals surface area (Å²) in [5, 5.41) is 12.8. The Morgan fingerprint density at radius 3 is 3.06 bits per heavy atom.